The number of carbonyl (C=O) groups is 2. The molecule has 1 saturated heterocycles. The molecule has 2 heterocycles. The fourth-order valence-electron chi connectivity index (χ4n) is 2.45. The van der Waals surface area contributed by atoms with Crippen LogP contribution in [0.25, 0.3) is 0 Å². The molecule has 1 unspecified atom stereocenters. The Labute approximate surface area is 118 Å². The summed E-state index contributed by atoms with van der Waals surface area (Å²) in [7, 11) is 0. The number of amides is 2. The van der Waals surface area contributed by atoms with Crippen molar-refractivity contribution >= 4 is 11.8 Å². The first kappa shape index (κ1) is 14.7. The van der Waals surface area contributed by atoms with Gasteiger partial charge in [-0.2, -0.15) is 5.10 Å². The molecule has 0 bridgehead atoms. The molecule has 0 aromatic carbocycles. The summed E-state index contributed by atoms with van der Waals surface area (Å²) in [5.74, 6) is -0.424. The first-order valence-electron chi connectivity index (χ1n) is 7.25. The lowest BCUT2D eigenvalue weighted by molar-refractivity contribution is -0.134. The standard InChI is InChI=1S/C14H22N4O2/c1-3-11(4-2)18-8-7-10(17-18)9-15-12-5-6-13(19)16-14(12)20/h7-8,11-12,15H,3-6,9H2,1-2H3,(H,16,19,20). The van der Waals surface area contributed by atoms with Crippen molar-refractivity contribution in [3.05, 3.63) is 18.0 Å². The Bertz CT molecular complexity index is 479. The van der Waals surface area contributed by atoms with E-state index >= 15 is 0 Å². The smallest absolute Gasteiger partial charge is 0.243 e. The fourth-order valence-corrected chi connectivity index (χ4v) is 2.45. The largest absolute Gasteiger partial charge is 0.300 e. The van der Waals surface area contributed by atoms with Crippen molar-refractivity contribution in [2.45, 2.75) is 58.2 Å². The van der Waals surface area contributed by atoms with Crippen molar-refractivity contribution < 1.29 is 9.59 Å². The molecule has 0 radical (unpaired) electrons. The van der Waals surface area contributed by atoms with Crippen LogP contribution in [0.5, 0.6) is 0 Å². The lowest BCUT2D eigenvalue weighted by Gasteiger charge is -2.21. The number of nitrogens with one attached hydrogen (secondary N) is 2. The van der Waals surface area contributed by atoms with Gasteiger partial charge in [-0.05, 0) is 25.3 Å². The summed E-state index contributed by atoms with van der Waals surface area (Å²) < 4.78 is 1.99. The van der Waals surface area contributed by atoms with Gasteiger partial charge in [0.15, 0.2) is 0 Å². The predicted molar refractivity (Wildman–Crippen MR) is 74.9 cm³/mol. The van der Waals surface area contributed by atoms with Crippen LogP contribution in [0.1, 0.15) is 51.3 Å². The van der Waals surface area contributed by atoms with E-state index in [0.717, 1.165) is 18.5 Å². The van der Waals surface area contributed by atoms with Gasteiger partial charge < -0.3 is 5.32 Å². The fraction of sp³-hybridized carbons (Fsp3) is 0.643. The summed E-state index contributed by atoms with van der Waals surface area (Å²) in [4.78, 5) is 22.7. The van der Waals surface area contributed by atoms with E-state index in [1.807, 2.05) is 16.9 Å². The van der Waals surface area contributed by atoms with Gasteiger partial charge in [-0.1, -0.05) is 13.8 Å². The molecule has 1 aromatic heterocycles. The molecule has 6 heteroatoms. The molecule has 2 N–H and O–H groups in total. The van der Waals surface area contributed by atoms with Gasteiger partial charge in [0.05, 0.1) is 17.8 Å². The molecule has 20 heavy (non-hydrogen) atoms. The Balaban J connectivity index is 1.88. The molecule has 0 saturated carbocycles. The maximum absolute atomic E-state index is 11.6. The van der Waals surface area contributed by atoms with E-state index in [0.29, 0.717) is 25.4 Å². The minimum absolute atomic E-state index is 0.189. The van der Waals surface area contributed by atoms with Gasteiger partial charge >= 0.3 is 0 Å². The number of rotatable bonds is 6. The maximum atomic E-state index is 11.6. The van der Waals surface area contributed by atoms with Crippen LogP contribution in [0, 0.1) is 0 Å². The highest BCUT2D eigenvalue weighted by atomic mass is 16.2. The Hall–Kier alpha value is -1.69. The first-order chi connectivity index (χ1) is 9.63. The lowest BCUT2D eigenvalue weighted by atomic mass is 10.1. The third-order valence-corrected chi connectivity index (χ3v) is 3.75. The Kier molecular flexibility index (Phi) is 4.89. The average molecular weight is 278 g/mol. The summed E-state index contributed by atoms with van der Waals surface area (Å²) in [6, 6.07) is 2.10. The summed E-state index contributed by atoms with van der Waals surface area (Å²) in [6.07, 6.45) is 5.04. The summed E-state index contributed by atoms with van der Waals surface area (Å²) in [6.45, 7) is 4.84. The molecule has 1 aromatic rings. The average Bonchev–Trinajstić information content (AvgIpc) is 2.88. The minimum Gasteiger partial charge on any atom is -0.300 e. The summed E-state index contributed by atoms with van der Waals surface area (Å²) in [5.41, 5.74) is 0.918. The number of carbonyl (C=O) groups excluding carboxylic acids is 2. The van der Waals surface area contributed by atoms with E-state index < -0.39 is 0 Å². The van der Waals surface area contributed by atoms with Crippen molar-refractivity contribution in [3.8, 4) is 0 Å². The topological polar surface area (TPSA) is 76.0 Å². The van der Waals surface area contributed by atoms with Crippen molar-refractivity contribution in [2.75, 3.05) is 0 Å². The van der Waals surface area contributed by atoms with Crippen LogP contribution in [0.2, 0.25) is 0 Å². The molecule has 2 amide bonds. The minimum atomic E-state index is -0.300. The molecular weight excluding hydrogens is 256 g/mol. The van der Waals surface area contributed by atoms with Crippen LogP contribution in [-0.4, -0.2) is 27.6 Å². The highest BCUT2D eigenvalue weighted by Crippen LogP contribution is 2.14. The van der Waals surface area contributed by atoms with Gasteiger partial charge in [0.25, 0.3) is 0 Å². The molecule has 1 fully saturated rings. The van der Waals surface area contributed by atoms with Gasteiger partial charge in [-0.3, -0.25) is 19.6 Å². The summed E-state index contributed by atoms with van der Waals surface area (Å²) in [5, 5.41) is 10.0. The third kappa shape index (κ3) is 3.45. The zero-order valence-electron chi connectivity index (χ0n) is 12.1. The molecule has 2 rings (SSSR count). The SMILES string of the molecule is CCC(CC)n1ccc(CNC2CCC(=O)NC2=O)n1. The second-order valence-corrected chi connectivity index (χ2v) is 5.14. The number of hydrogen-bond acceptors (Lipinski definition) is 4. The van der Waals surface area contributed by atoms with Crippen LogP contribution < -0.4 is 10.6 Å². The second kappa shape index (κ2) is 6.65. The van der Waals surface area contributed by atoms with Crippen molar-refractivity contribution in [1.82, 2.24) is 20.4 Å². The maximum Gasteiger partial charge on any atom is 0.243 e. The molecule has 0 spiro atoms. The molecule has 110 valence electrons. The van der Waals surface area contributed by atoms with Crippen molar-refractivity contribution in [1.29, 1.82) is 0 Å². The van der Waals surface area contributed by atoms with E-state index in [4.69, 9.17) is 0 Å². The molecule has 1 aliphatic rings. The Morgan fingerprint density at radius 3 is 2.85 bits per heavy atom. The van der Waals surface area contributed by atoms with E-state index in [1.54, 1.807) is 0 Å². The molecule has 6 nitrogen and oxygen atoms in total. The zero-order chi connectivity index (χ0) is 14.5. The predicted octanol–water partition coefficient (Wildman–Crippen LogP) is 1.14. The molecular formula is C14H22N4O2. The van der Waals surface area contributed by atoms with E-state index in [1.165, 1.54) is 0 Å². The second-order valence-electron chi connectivity index (χ2n) is 5.14. The number of nitrogens with zero attached hydrogens (tertiary/aromatic N) is 2. The summed E-state index contributed by atoms with van der Waals surface area (Å²) >= 11 is 0. The monoisotopic (exact) mass is 278 g/mol. The Morgan fingerprint density at radius 2 is 2.20 bits per heavy atom. The van der Waals surface area contributed by atoms with Gasteiger partial charge in [0, 0.05) is 19.2 Å². The van der Waals surface area contributed by atoms with Crippen molar-refractivity contribution in [3.63, 3.8) is 0 Å². The van der Waals surface area contributed by atoms with E-state index in [9.17, 15) is 9.59 Å². The van der Waals surface area contributed by atoms with Crippen LogP contribution in [0.3, 0.4) is 0 Å². The highest BCUT2D eigenvalue weighted by molar-refractivity contribution is 6.00. The van der Waals surface area contributed by atoms with Crippen LogP contribution in [0.15, 0.2) is 12.3 Å². The van der Waals surface area contributed by atoms with Crippen molar-refractivity contribution in [2.24, 2.45) is 0 Å². The number of hydrogen-bond donors (Lipinski definition) is 2. The number of imide groups is 1. The van der Waals surface area contributed by atoms with E-state index in [2.05, 4.69) is 29.6 Å². The third-order valence-electron chi connectivity index (χ3n) is 3.75. The molecule has 1 aliphatic heterocycles. The lowest BCUT2D eigenvalue weighted by Crippen LogP contribution is -2.50. The highest BCUT2D eigenvalue weighted by Gasteiger charge is 2.25. The molecule has 1 atom stereocenters. The van der Waals surface area contributed by atoms with Crippen LogP contribution >= 0.6 is 0 Å². The number of piperidine rings is 1. The quantitative estimate of drug-likeness (QED) is 0.765. The van der Waals surface area contributed by atoms with E-state index in [-0.39, 0.29) is 17.9 Å². The van der Waals surface area contributed by atoms with Gasteiger partial charge in [0.1, 0.15) is 0 Å². The Morgan fingerprint density at radius 1 is 1.45 bits per heavy atom. The first-order valence-corrected chi connectivity index (χ1v) is 7.25. The zero-order valence-corrected chi connectivity index (χ0v) is 12.1. The van der Waals surface area contributed by atoms with Crippen LogP contribution in [0.4, 0.5) is 0 Å². The van der Waals surface area contributed by atoms with Gasteiger partial charge in [0.2, 0.25) is 11.8 Å². The normalized spacial score (nSPS) is 19.4. The number of aromatic nitrogens is 2. The van der Waals surface area contributed by atoms with Gasteiger partial charge in [-0.25, -0.2) is 0 Å². The molecule has 0 aliphatic carbocycles. The van der Waals surface area contributed by atoms with Gasteiger partial charge in [-0.15, -0.1) is 0 Å². The van der Waals surface area contributed by atoms with Crippen LogP contribution in [-0.2, 0) is 16.1 Å².